The van der Waals surface area contributed by atoms with E-state index >= 15 is 0 Å². The fraction of sp³-hybridized carbons (Fsp3) is 0.467. The van der Waals surface area contributed by atoms with Crippen LogP contribution in [0.5, 0.6) is 5.88 Å². The Hall–Kier alpha value is -2.31. The first-order valence-electron chi connectivity index (χ1n) is 6.78. The lowest BCUT2D eigenvalue weighted by Crippen LogP contribution is -2.45. The number of carbonyl (C=O) groups is 1. The minimum Gasteiger partial charge on any atom is -0.501 e. The van der Waals surface area contributed by atoms with E-state index in [9.17, 15) is 14.3 Å². The minimum absolute atomic E-state index is 0.120. The maximum atomic E-state index is 14.0. The molecular formula is C15H21FN2O4. The quantitative estimate of drug-likeness (QED) is 0.842. The Morgan fingerprint density at radius 3 is 2.59 bits per heavy atom. The van der Waals surface area contributed by atoms with Crippen molar-refractivity contribution < 1.29 is 23.8 Å². The number of ether oxygens (including phenoxy) is 2. The number of hydrogen-bond donors (Lipinski definition) is 1. The summed E-state index contributed by atoms with van der Waals surface area (Å²) in [6.45, 7) is 7.38. The zero-order chi connectivity index (χ0) is 16.9. The Kier molecular flexibility index (Phi) is 5.73. The van der Waals surface area contributed by atoms with Gasteiger partial charge in [-0.2, -0.15) is 0 Å². The minimum atomic E-state index is -1.20. The maximum Gasteiger partial charge on any atom is 0.412 e. The molecule has 1 aromatic rings. The highest BCUT2D eigenvalue weighted by Crippen LogP contribution is 2.31. The fourth-order valence-electron chi connectivity index (χ4n) is 1.88. The van der Waals surface area contributed by atoms with E-state index in [0.717, 1.165) is 11.0 Å². The molecule has 1 heterocycles. The van der Waals surface area contributed by atoms with Crippen LogP contribution >= 0.6 is 0 Å². The molecule has 0 aromatic carbocycles. The van der Waals surface area contributed by atoms with Crippen molar-refractivity contribution in [3.63, 3.8) is 0 Å². The number of carboxylic acid groups (broad SMARTS) is 1. The molecule has 0 saturated carbocycles. The molecule has 0 spiro atoms. The monoisotopic (exact) mass is 312 g/mol. The Bertz CT molecular complexity index is 567. The van der Waals surface area contributed by atoms with Crippen molar-refractivity contribution in [2.24, 2.45) is 0 Å². The zero-order valence-electron chi connectivity index (χ0n) is 13.4. The van der Waals surface area contributed by atoms with Gasteiger partial charge in [-0.3, -0.25) is 4.90 Å². The van der Waals surface area contributed by atoms with Crippen molar-refractivity contribution in [2.45, 2.75) is 33.2 Å². The summed E-state index contributed by atoms with van der Waals surface area (Å²) in [6, 6.07) is 1.09. The molecule has 1 aromatic heterocycles. The smallest absolute Gasteiger partial charge is 0.412 e. The van der Waals surface area contributed by atoms with Crippen LogP contribution in [0.25, 0.3) is 6.08 Å². The van der Waals surface area contributed by atoms with E-state index in [-0.39, 0.29) is 17.3 Å². The Morgan fingerprint density at radius 2 is 2.14 bits per heavy atom. The molecule has 122 valence electrons. The Morgan fingerprint density at radius 1 is 1.50 bits per heavy atom. The van der Waals surface area contributed by atoms with Gasteiger partial charge in [-0.1, -0.05) is 0 Å². The number of aromatic nitrogens is 1. The van der Waals surface area contributed by atoms with Crippen molar-refractivity contribution >= 4 is 17.9 Å². The first-order valence-corrected chi connectivity index (χ1v) is 6.78. The summed E-state index contributed by atoms with van der Waals surface area (Å²) in [5.74, 6) is -0.944. The molecule has 0 radical (unpaired) electrons. The number of anilines is 1. The van der Waals surface area contributed by atoms with Crippen LogP contribution in [0.4, 0.5) is 14.9 Å². The lowest BCUT2D eigenvalue weighted by atomic mass is 10.0. The van der Waals surface area contributed by atoms with Gasteiger partial charge < -0.3 is 14.6 Å². The molecule has 1 rings (SSSR count). The number of nitrogens with zero attached hydrogens (tertiary/aromatic N) is 2. The van der Waals surface area contributed by atoms with Gasteiger partial charge in [0.25, 0.3) is 5.88 Å². The highest BCUT2D eigenvalue weighted by atomic mass is 19.1. The number of hydrogen-bond acceptors (Lipinski definition) is 4. The van der Waals surface area contributed by atoms with E-state index in [2.05, 4.69) is 4.98 Å². The van der Waals surface area contributed by atoms with E-state index in [0.29, 0.717) is 6.61 Å². The Balaban J connectivity index is 3.48. The summed E-state index contributed by atoms with van der Waals surface area (Å²) in [5.41, 5.74) is -0.416. The highest BCUT2D eigenvalue weighted by Gasteiger charge is 2.31. The predicted octanol–water partition coefficient (Wildman–Crippen LogP) is 3.52. The molecule has 0 unspecified atom stereocenters. The normalized spacial score (nSPS) is 11.5. The fourth-order valence-corrected chi connectivity index (χ4v) is 1.88. The number of rotatable bonds is 5. The number of amides is 1. The third-order valence-corrected chi connectivity index (χ3v) is 2.74. The van der Waals surface area contributed by atoms with E-state index < -0.39 is 17.4 Å². The van der Waals surface area contributed by atoms with Crippen LogP contribution in [-0.2, 0) is 4.74 Å². The van der Waals surface area contributed by atoms with Crippen molar-refractivity contribution in [1.29, 1.82) is 0 Å². The van der Waals surface area contributed by atoms with Gasteiger partial charge in [0.1, 0.15) is 0 Å². The molecule has 22 heavy (non-hydrogen) atoms. The number of methoxy groups -OCH3 is 1. The average molecular weight is 312 g/mol. The van der Waals surface area contributed by atoms with Gasteiger partial charge in [0, 0.05) is 17.7 Å². The molecule has 1 amide bonds. The van der Waals surface area contributed by atoms with E-state index in [4.69, 9.17) is 9.47 Å². The van der Waals surface area contributed by atoms with Crippen LogP contribution < -0.4 is 9.64 Å². The second-order valence-corrected chi connectivity index (χ2v) is 5.43. The molecule has 0 bridgehead atoms. The third-order valence-electron chi connectivity index (χ3n) is 2.74. The van der Waals surface area contributed by atoms with E-state index in [1.165, 1.54) is 19.4 Å². The first-order chi connectivity index (χ1) is 10.2. The van der Waals surface area contributed by atoms with Gasteiger partial charge in [0.15, 0.2) is 5.82 Å². The van der Waals surface area contributed by atoms with Crippen molar-refractivity contribution in [1.82, 2.24) is 4.98 Å². The first kappa shape index (κ1) is 17.7. The lowest BCUT2D eigenvalue weighted by Gasteiger charge is -2.33. The van der Waals surface area contributed by atoms with Crippen molar-refractivity contribution in [3.8, 4) is 5.88 Å². The van der Waals surface area contributed by atoms with Gasteiger partial charge in [-0.25, -0.2) is 14.2 Å². The van der Waals surface area contributed by atoms with Gasteiger partial charge in [-0.05, 0) is 27.7 Å². The summed E-state index contributed by atoms with van der Waals surface area (Å²) >= 11 is 0. The summed E-state index contributed by atoms with van der Waals surface area (Å²) in [7, 11) is 1.29. The van der Waals surface area contributed by atoms with Crippen LogP contribution in [0.15, 0.2) is 12.3 Å². The number of halogens is 1. The lowest BCUT2D eigenvalue weighted by molar-refractivity contribution is 0.195. The topological polar surface area (TPSA) is 71.9 Å². The third kappa shape index (κ3) is 4.09. The van der Waals surface area contributed by atoms with Crippen LogP contribution in [0.1, 0.15) is 33.4 Å². The molecule has 1 N–H and O–H groups in total. The molecule has 0 saturated heterocycles. The molecule has 0 fully saturated rings. The summed E-state index contributed by atoms with van der Waals surface area (Å²) in [5, 5.41) is 9.46. The molecule has 0 aliphatic heterocycles. The largest absolute Gasteiger partial charge is 0.501 e. The van der Waals surface area contributed by atoms with Crippen LogP contribution in [0.3, 0.4) is 0 Å². The van der Waals surface area contributed by atoms with Crippen molar-refractivity contribution in [3.05, 3.63) is 23.8 Å². The Labute approximate surface area is 129 Å². The van der Waals surface area contributed by atoms with Gasteiger partial charge in [0.05, 0.1) is 31.4 Å². The zero-order valence-corrected chi connectivity index (χ0v) is 13.4. The van der Waals surface area contributed by atoms with E-state index in [1.54, 1.807) is 20.8 Å². The van der Waals surface area contributed by atoms with Crippen LogP contribution in [-0.4, -0.2) is 35.4 Å². The summed E-state index contributed by atoms with van der Waals surface area (Å²) in [4.78, 5) is 16.6. The second-order valence-electron chi connectivity index (χ2n) is 5.43. The SMILES string of the molecule is CCOC=Cc1nc(OC)c(F)cc1N(C(=O)O)C(C)(C)C. The molecule has 0 aliphatic carbocycles. The molecule has 6 nitrogen and oxygen atoms in total. The molecule has 0 aliphatic rings. The maximum absolute atomic E-state index is 14.0. The van der Waals surface area contributed by atoms with E-state index in [1.807, 2.05) is 6.92 Å². The standard InChI is InChI=1S/C15H21FN2O4/c1-6-22-8-7-11-12(9-10(16)13(17-11)21-5)18(14(19)20)15(2,3)4/h7-9H,6H2,1-5H3,(H,19,20). The molecule has 7 heteroatoms. The molecule has 0 atom stereocenters. The van der Waals surface area contributed by atoms with Crippen molar-refractivity contribution in [2.75, 3.05) is 18.6 Å². The van der Waals surface area contributed by atoms with Gasteiger partial charge in [0.2, 0.25) is 0 Å². The summed E-state index contributed by atoms with van der Waals surface area (Å²) < 4.78 is 23.9. The predicted molar refractivity (Wildman–Crippen MR) is 81.7 cm³/mol. The average Bonchev–Trinajstić information content (AvgIpc) is 2.39. The highest BCUT2D eigenvalue weighted by molar-refractivity contribution is 5.90. The van der Waals surface area contributed by atoms with Crippen LogP contribution in [0.2, 0.25) is 0 Å². The second kappa shape index (κ2) is 7.11. The molecular weight excluding hydrogens is 291 g/mol. The summed E-state index contributed by atoms with van der Waals surface area (Å²) in [6.07, 6.45) is 1.65. The van der Waals surface area contributed by atoms with Gasteiger partial charge >= 0.3 is 6.09 Å². The number of pyridine rings is 1. The van der Waals surface area contributed by atoms with Gasteiger partial charge in [-0.15, -0.1) is 0 Å². The van der Waals surface area contributed by atoms with Crippen LogP contribution in [0, 0.1) is 5.82 Å².